The largest absolute Gasteiger partial charge is 0.475 e. The van der Waals surface area contributed by atoms with Crippen molar-refractivity contribution in [2.24, 2.45) is 0 Å². The fourth-order valence-electron chi connectivity index (χ4n) is 2.12. The van der Waals surface area contributed by atoms with E-state index >= 15 is 0 Å². The number of hydrogen-bond donors (Lipinski definition) is 1. The predicted octanol–water partition coefficient (Wildman–Crippen LogP) is 2.14. The topological polar surface area (TPSA) is 63.1 Å². The quantitative estimate of drug-likeness (QED) is 0.805. The Morgan fingerprint density at radius 1 is 1.40 bits per heavy atom. The Kier molecular flexibility index (Phi) is 2.66. The summed E-state index contributed by atoms with van der Waals surface area (Å²) in [6, 6.07) is 1.91. The normalized spacial score (nSPS) is 16.9. The van der Waals surface area contributed by atoms with Crippen LogP contribution in [0.4, 0.5) is 0 Å². The highest BCUT2D eigenvalue weighted by Crippen LogP contribution is 2.33. The minimum absolute atomic E-state index is 0.0723. The molecule has 1 aliphatic rings. The summed E-state index contributed by atoms with van der Waals surface area (Å²) < 4.78 is 0. The molecule has 0 spiro atoms. The van der Waals surface area contributed by atoms with E-state index in [1.807, 2.05) is 13.0 Å². The highest BCUT2D eigenvalue weighted by molar-refractivity contribution is 5.83. The number of carboxylic acids is 1. The number of aromatic nitrogens is 2. The van der Waals surface area contributed by atoms with Crippen molar-refractivity contribution in [3.8, 4) is 0 Å². The number of hydrogen-bond acceptors (Lipinski definition) is 3. The summed E-state index contributed by atoms with van der Waals surface area (Å²) >= 11 is 0. The Balaban J connectivity index is 2.34. The molecule has 2 rings (SSSR count). The van der Waals surface area contributed by atoms with Crippen molar-refractivity contribution in [3.63, 3.8) is 0 Å². The van der Waals surface area contributed by atoms with Gasteiger partial charge in [0.15, 0.2) is 0 Å². The first-order chi connectivity index (χ1) is 7.16. The van der Waals surface area contributed by atoms with Crippen molar-refractivity contribution in [1.29, 1.82) is 0 Å². The second-order valence-corrected chi connectivity index (χ2v) is 4.04. The number of carbonyl (C=O) groups is 1. The Hall–Kier alpha value is -1.45. The average Bonchev–Trinajstić information content (AvgIpc) is 2.69. The maximum Gasteiger partial charge on any atom is 0.373 e. The smallest absolute Gasteiger partial charge is 0.373 e. The molecular weight excluding hydrogens is 192 g/mol. The third-order valence-corrected chi connectivity index (χ3v) is 2.84. The number of rotatable bonds is 2. The van der Waals surface area contributed by atoms with E-state index in [4.69, 9.17) is 5.11 Å². The van der Waals surface area contributed by atoms with Gasteiger partial charge < -0.3 is 5.11 Å². The molecule has 1 heterocycles. The van der Waals surface area contributed by atoms with Gasteiger partial charge in [0.05, 0.1) is 0 Å². The first-order valence-corrected chi connectivity index (χ1v) is 5.25. The summed E-state index contributed by atoms with van der Waals surface area (Å²) in [4.78, 5) is 18.8. The lowest BCUT2D eigenvalue weighted by atomic mass is 10.0. The van der Waals surface area contributed by atoms with Gasteiger partial charge in [-0.25, -0.2) is 14.8 Å². The number of carboxylic acid groups (broad SMARTS) is 1. The van der Waals surface area contributed by atoms with E-state index in [0.29, 0.717) is 5.92 Å². The third kappa shape index (κ3) is 2.14. The Morgan fingerprint density at radius 3 is 2.67 bits per heavy atom. The van der Waals surface area contributed by atoms with Crippen LogP contribution in [0.3, 0.4) is 0 Å². The lowest BCUT2D eigenvalue weighted by Crippen LogP contribution is -2.09. The molecule has 15 heavy (non-hydrogen) atoms. The first kappa shape index (κ1) is 10.1. The van der Waals surface area contributed by atoms with Crippen molar-refractivity contribution in [2.75, 3.05) is 0 Å². The Labute approximate surface area is 88.4 Å². The SMILES string of the molecule is Cc1cc(C2CCCC2)nc(C(=O)O)n1. The Morgan fingerprint density at radius 2 is 2.07 bits per heavy atom. The van der Waals surface area contributed by atoms with E-state index in [1.54, 1.807) is 0 Å². The fourth-order valence-corrected chi connectivity index (χ4v) is 2.12. The van der Waals surface area contributed by atoms with Crippen molar-refractivity contribution >= 4 is 5.97 Å². The van der Waals surface area contributed by atoms with Crippen LogP contribution in [-0.2, 0) is 0 Å². The van der Waals surface area contributed by atoms with Crippen LogP contribution in [0.2, 0.25) is 0 Å². The van der Waals surface area contributed by atoms with Crippen LogP contribution in [0.1, 0.15) is 53.6 Å². The molecule has 1 aromatic heterocycles. The van der Waals surface area contributed by atoms with Gasteiger partial charge in [-0.3, -0.25) is 0 Å². The van der Waals surface area contributed by atoms with E-state index in [-0.39, 0.29) is 5.82 Å². The monoisotopic (exact) mass is 206 g/mol. The minimum atomic E-state index is -1.04. The summed E-state index contributed by atoms with van der Waals surface area (Å²) in [6.07, 6.45) is 4.68. The molecule has 1 N–H and O–H groups in total. The maximum absolute atomic E-state index is 10.8. The van der Waals surface area contributed by atoms with E-state index in [1.165, 1.54) is 12.8 Å². The summed E-state index contributed by atoms with van der Waals surface area (Å²) in [5.74, 6) is -0.681. The zero-order chi connectivity index (χ0) is 10.8. The molecule has 0 saturated heterocycles. The molecule has 1 saturated carbocycles. The average molecular weight is 206 g/mol. The lowest BCUT2D eigenvalue weighted by molar-refractivity contribution is 0.0682. The van der Waals surface area contributed by atoms with Gasteiger partial charge in [-0.15, -0.1) is 0 Å². The molecule has 1 aromatic rings. The van der Waals surface area contributed by atoms with Gasteiger partial charge in [0.2, 0.25) is 5.82 Å². The van der Waals surface area contributed by atoms with Crippen LogP contribution in [0.15, 0.2) is 6.07 Å². The minimum Gasteiger partial charge on any atom is -0.475 e. The lowest BCUT2D eigenvalue weighted by Gasteiger charge is -2.09. The van der Waals surface area contributed by atoms with Crippen LogP contribution >= 0.6 is 0 Å². The molecule has 0 aliphatic heterocycles. The number of aromatic carboxylic acids is 1. The van der Waals surface area contributed by atoms with Crippen LogP contribution in [0, 0.1) is 6.92 Å². The molecule has 4 heteroatoms. The molecule has 80 valence electrons. The van der Waals surface area contributed by atoms with Gasteiger partial charge in [-0.05, 0) is 25.8 Å². The molecule has 1 fully saturated rings. The van der Waals surface area contributed by atoms with Crippen molar-refractivity contribution in [2.45, 2.75) is 38.5 Å². The summed E-state index contributed by atoms with van der Waals surface area (Å²) in [7, 11) is 0. The highest BCUT2D eigenvalue weighted by Gasteiger charge is 2.20. The molecule has 0 unspecified atom stereocenters. The second-order valence-electron chi connectivity index (χ2n) is 4.04. The molecule has 0 aromatic carbocycles. The van der Waals surface area contributed by atoms with Gasteiger partial charge >= 0.3 is 5.97 Å². The van der Waals surface area contributed by atoms with Gasteiger partial charge in [0, 0.05) is 17.3 Å². The van der Waals surface area contributed by atoms with Crippen LogP contribution in [0.5, 0.6) is 0 Å². The second kappa shape index (κ2) is 3.96. The fraction of sp³-hybridized carbons (Fsp3) is 0.545. The highest BCUT2D eigenvalue weighted by atomic mass is 16.4. The zero-order valence-electron chi connectivity index (χ0n) is 8.73. The summed E-state index contributed by atoms with van der Waals surface area (Å²) in [5, 5.41) is 8.85. The Bertz CT molecular complexity index is 384. The van der Waals surface area contributed by atoms with Gasteiger partial charge in [0.25, 0.3) is 0 Å². The predicted molar refractivity (Wildman–Crippen MR) is 54.9 cm³/mol. The molecule has 4 nitrogen and oxygen atoms in total. The van der Waals surface area contributed by atoms with Crippen LogP contribution in [-0.4, -0.2) is 21.0 Å². The number of aryl methyl sites for hydroxylation is 1. The standard InChI is InChI=1S/C11H14N2O2/c1-7-6-9(8-4-2-3-5-8)13-10(12-7)11(14)15/h6,8H,2-5H2,1H3,(H,14,15). The molecule has 0 radical (unpaired) electrons. The molecule has 0 amide bonds. The van der Waals surface area contributed by atoms with Crippen molar-refractivity contribution in [3.05, 3.63) is 23.3 Å². The van der Waals surface area contributed by atoms with Crippen molar-refractivity contribution in [1.82, 2.24) is 9.97 Å². The first-order valence-electron chi connectivity index (χ1n) is 5.25. The molecule has 1 aliphatic carbocycles. The van der Waals surface area contributed by atoms with Gasteiger partial charge in [-0.2, -0.15) is 0 Å². The van der Waals surface area contributed by atoms with Crippen LogP contribution in [0.25, 0.3) is 0 Å². The third-order valence-electron chi connectivity index (χ3n) is 2.84. The van der Waals surface area contributed by atoms with Gasteiger partial charge in [-0.1, -0.05) is 12.8 Å². The maximum atomic E-state index is 10.8. The summed E-state index contributed by atoms with van der Waals surface area (Å²) in [5.41, 5.74) is 1.64. The summed E-state index contributed by atoms with van der Waals surface area (Å²) in [6.45, 7) is 1.81. The van der Waals surface area contributed by atoms with Crippen molar-refractivity contribution < 1.29 is 9.90 Å². The molecule has 0 bridgehead atoms. The van der Waals surface area contributed by atoms with E-state index in [9.17, 15) is 4.79 Å². The van der Waals surface area contributed by atoms with E-state index < -0.39 is 5.97 Å². The zero-order valence-corrected chi connectivity index (χ0v) is 8.73. The molecular formula is C11H14N2O2. The van der Waals surface area contributed by atoms with E-state index in [2.05, 4.69) is 9.97 Å². The van der Waals surface area contributed by atoms with Gasteiger partial charge in [0.1, 0.15) is 0 Å². The van der Waals surface area contributed by atoms with Crippen LogP contribution < -0.4 is 0 Å². The molecule has 0 atom stereocenters. The van der Waals surface area contributed by atoms with E-state index in [0.717, 1.165) is 24.2 Å². The number of nitrogens with zero attached hydrogens (tertiary/aromatic N) is 2.